The number of aliphatic hydroxyl groups is 1. The number of ketones is 1. The van der Waals surface area contributed by atoms with Crippen molar-refractivity contribution in [1.29, 1.82) is 0 Å². The first-order valence-corrected chi connectivity index (χ1v) is 13.8. The lowest BCUT2D eigenvalue weighted by molar-refractivity contribution is -0.153. The molecule has 42 heavy (non-hydrogen) atoms. The Morgan fingerprint density at radius 3 is 2.21 bits per heavy atom. The van der Waals surface area contributed by atoms with Crippen LogP contribution >= 0.6 is 0 Å². The van der Waals surface area contributed by atoms with Gasteiger partial charge in [0.2, 0.25) is 0 Å². The summed E-state index contributed by atoms with van der Waals surface area (Å²) in [5.74, 6) is -2.67. The molecule has 0 spiro atoms. The van der Waals surface area contributed by atoms with Crippen molar-refractivity contribution in [1.82, 2.24) is 15.1 Å². The number of carbonyl (C=O) groups is 4. The highest BCUT2D eigenvalue weighted by Crippen LogP contribution is 2.20. The van der Waals surface area contributed by atoms with Crippen LogP contribution in [0.5, 0.6) is 0 Å². The largest absolute Gasteiger partial charge is 0.464 e. The molecule has 0 bridgehead atoms. The minimum absolute atomic E-state index is 0.00367. The Morgan fingerprint density at radius 1 is 0.976 bits per heavy atom. The third-order valence-corrected chi connectivity index (χ3v) is 6.64. The number of carbonyl (C=O) groups excluding carboxylic acids is 4. The van der Waals surface area contributed by atoms with Gasteiger partial charge in [0.05, 0.1) is 6.61 Å². The summed E-state index contributed by atoms with van der Waals surface area (Å²) >= 11 is 0. The van der Waals surface area contributed by atoms with Crippen molar-refractivity contribution < 1.29 is 33.8 Å². The summed E-state index contributed by atoms with van der Waals surface area (Å²) in [6.45, 7) is 6.13. The Balaban J connectivity index is 1.83. The van der Waals surface area contributed by atoms with Crippen molar-refractivity contribution >= 4 is 23.6 Å². The van der Waals surface area contributed by atoms with Crippen LogP contribution in [0.15, 0.2) is 60.7 Å². The molecule has 0 radical (unpaired) electrons. The number of benzene rings is 2. The van der Waals surface area contributed by atoms with Gasteiger partial charge < -0.3 is 25.6 Å². The van der Waals surface area contributed by atoms with E-state index in [1.54, 1.807) is 20.8 Å². The van der Waals surface area contributed by atoms with Crippen LogP contribution in [0.1, 0.15) is 60.7 Å². The summed E-state index contributed by atoms with van der Waals surface area (Å²) in [5.41, 5.74) is 8.73. The van der Waals surface area contributed by atoms with Crippen LogP contribution in [0.25, 0.3) is 11.1 Å². The molecule has 224 valence electrons. The van der Waals surface area contributed by atoms with Crippen molar-refractivity contribution in [3.8, 4) is 11.1 Å². The van der Waals surface area contributed by atoms with E-state index in [0.29, 0.717) is 0 Å². The molecule has 3 atom stereocenters. The first kappa shape index (κ1) is 32.2. The molecule has 3 aromatic rings. The molecule has 3 unspecified atom stereocenters. The average molecular weight is 579 g/mol. The molecule has 11 heteroatoms. The Kier molecular flexibility index (Phi) is 11.5. The molecular weight excluding hydrogens is 540 g/mol. The van der Waals surface area contributed by atoms with Crippen LogP contribution in [-0.2, 0) is 32.2 Å². The highest BCUT2D eigenvalue weighted by atomic mass is 16.5. The Hall–Kier alpha value is -4.35. The molecule has 1 amide bonds. The molecule has 0 aliphatic rings. The Bertz CT molecular complexity index is 1370. The van der Waals surface area contributed by atoms with E-state index in [2.05, 4.69) is 10.4 Å². The first-order valence-electron chi connectivity index (χ1n) is 13.8. The maximum atomic E-state index is 13.5. The number of nitrogens with one attached hydrogen (secondary N) is 1. The van der Waals surface area contributed by atoms with E-state index in [4.69, 9.17) is 15.2 Å². The second kappa shape index (κ2) is 15.0. The highest BCUT2D eigenvalue weighted by Gasteiger charge is 2.27. The molecule has 0 fully saturated rings. The third-order valence-electron chi connectivity index (χ3n) is 6.64. The standard InChI is InChI=1S/C31H38N4O7/c1-5-41-30(39)27(37)16-24(15-21-11-13-23(14-12-21)22-9-7-6-8-10-22)33-29(38)26-17-25(20(4)36)34-35(26)18-42-31(40)28(32)19(2)3/h6-14,17,19,24,27-28,37H,5,15-16,18,32H2,1-4H3,(H,33,38). The number of aromatic nitrogens is 2. The summed E-state index contributed by atoms with van der Waals surface area (Å²) in [4.78, 5) is 49.9. The zero-order valence-electron chi connectivity index (χ0n) is 24.3. The van der Waals surface area contributed by atoms with Gasteiger partial charge in [0.15, 0.2) is 18.6 Å². The summed E-state index contributed by atoms with van der Waals surface area (Å²) in [6, 6.07) is 17.3. The number of hydrogen-bond donors (Lipinski definition) is 3. The average Bonchev–Trinajstić information content (AvgIpc) is 3.41. The third kappa shape index (κ3) is 8.82. The highest BCUT2D eigenvalue weighted by molar-refractivity contribution is 5.98. The number of nitrogens with zero attached hydrogens (tertiary/aromatic N) is 2. The van der Waals surface area contributed by atoms with Crippen LogP contribution in [0.2, 0.25) is 0 Å². The van der Waals surface area contributed by atoms with E-state index < -0.39 is 42.8 Å². The van der Waals surface area contributed by atoms with E-state index in [1.807, 2.05) is 54.6 Å². The van der Waals surface area contributed by atoms with Gasteiger partial charge in [0.1, 0.15) is 17.4 Å². The summed E-state index contributed by atoms with van der Waals surface area (Å²) < 4.78 is 11.3. The minimum Gasteiger partial charge on any atom is -0.464 e. The van der Waals surface area contributed by atoms with Crippen molar-refractivity contribution in [2.45, 2.75) is 65.5 Å². The quantitative estimate of drug-likeness (QED) is 0.193. The van der Waals surface area contributed by atoms with Crippen LogP contribution in [0.3, 0.4) is 0 Å². The van der Waals surface area contributed by atoms with E-state index >= 15 is 0 Å². The molecule has 0 saturated carbocycles. The molecule has 3 rings (SSSR count). The lowest BCUT2D eigenvalue weighted by Crippen LogP contribution is -2.42. The van der Waals surface area contributed by atoms with Crippen LogP contribution in [0, 0.1) is 5.92 Å². The fraction of sp³-hybridized carbons (Fsp3) is 0.387. The minimum atomic E-state index is -1.48. The molecule has 2 aromatic carbocycles. The van der Waals surface area contributed by atoms with E-state index in [-0.39, 0.29) is 42.5 Å². The van der Waals surface area contributed by atoms with Crippen molar-refractivity contribution in [3.63, 3.8) is 0 Å². The predicted octanol–water partition coefficient (Wildman–Crippen LogP) is 2.89. The molecule has 11 nitrogen and oxygen atoms in total. The van der Waals surface area contributed by atoms with Crippen molar-refractivity contribution in [2.75, 3.05) is 6.61 Å². The molecule has 1 aromatic heterocycles. The smallest absolute Gasteiger partial charge is 0.335 e. The van der Waals surface area contributed by atoms with E-state index in [9.17, 15) is 24.3 Å². The van der Waals surface area contributed by atoms with Crippen molar-refractivity contribution in [2.24, 2.45) is 11.7 Å². The van der Waals surface area contributed by atoms with Gasteiger partial charge >= 0.3 is 11.9 Å². The Labute approximate surface area is 245 Å². The zero-order valence-corrected chi connectivity index (χ0v) is 24.3. The normalized spacial score (nSPS) is 13.2. The maximum Gasteiger partial charge on any atom is 0.335 e. The SMILES string of the molecule is CCOC(=O)C(O)CC(Cc1ccc(-c2ccccc2)cc1)NC(=O)c1cc(C(C)=O)nn1COC(=O)C(N)C(C)C. The number of amides is 1. The topological polar surface area (TPSA) is 163 Å². The number of Topliss-reactive ketones (excluding diaryl/α,β-unsaturated/α-hetero) is 1. The van der Waals surface area contributed by atoms with Gasteiger partial charge in [-0.15, -0.1) is 0 Å². The lowest BCUT2D eigenvalue weighted by Gasteiger charge is -2.22. The molecule has 0 aliphatic carbocycles. The number of aliphatic hydroxyl groups excluding tert-OH is 1. The number of ether oxygens (including phenoxy) is 2. The second-order valence-corrected chi connectivity index (χ2v) is 10.3. The van der Waals surface area contributed by atoms with Gasteiger partial charge in [-0.2, -0.15) is 5.10 Å². The molecule has 4 N–H and O–H groups in total. The fourth-order valence-corrected chi connectivity index (χ4v) is 4.17. The first-order chi connectivity index (χ1) is 20.0. The fourth-order valence-electron chi connectivity index (χ4n) is 4.17. The number of hydrogen-bond acceptors (Lipinski definition) is 9. The molecule has 0 saturated heterocycles. The van der Waals surface area contributed by atoms with Crippen LogP contribution in [0.4, 0.5) is 0 Å². The molecule has 1 heterocycles. The van der Waals surface area contributed by atoms with E-state index in [1.165, 1.54) is 13.0 Å². The zero-order chi connectivity index (χ0) is 30.8. The summed E-state index contributed by atoms with van der Waals surface area (Å²) in [7, 11) is 0. The number of esters is 2. The lowest BCUT2D eigenvalue weighted by atomic mass is 9.97. The van der Waals surface area contributed by atoms with Gasteiger partial charge in [-0.1, -0.05) is 68.4 Å². The van der Waals surface area contributed by atoms with Gasteiger partial charge in [0.25, 0.3) is 5.91 Å². The summed E-state index contributed by atoms with van der Waals surface area (Å²) in [6.07, 6.45) is -1.32. The van der Waals surface area contributed by atoms with E-state index in [0.717, 1.165) is 21.4 Å². The predicted molar refractivity (Wildman–Crippen MR) is 155 cm³/mol. The van der Waals surface area contributed by atoms with Gasteiger partial charge in [0, 0.05) is 25.5 Å². The van der Waals surface area contributed by atoms with Gasteiger partial charge in [-0.3, -0.25) is 14.4 Å². The molecule has 0 aliphatic heterocycles. The van der Waals surface area contributed by atoms with Crippen LogP contribution in [-0.4, -0.2) is 63.3 Å². The Morgan fingerprint density at radius 2 is 1.62 bits per heavy atom. The number of nitrogens with two attached hydrogens (primary N) is 1. The van der Waals surface area contributed by atoms with Gasteiger partial charge in [-0.05, 0) is 36.0 Å². The second-order valence-electron chi connectivity index (χ2n) is 10.3. The van der Waals surface area contributed by atoms with Gasteiger partial charge in [-0.25, -0.2) is 9.48 Å². The monoisotopic (exact) mass is 578 g/mol. The summed E-state index contributed by atoms with van der Waals surface area (Å²) in [5, 5.41) is 17.4. The van der Waals surface area contributed by atoms with Crippen LogP contribution < -0.4 is 11.1 Å². The molecular formula is C31H38N4O7. The maximum absolute atomic E-state index is 13.5. The van der Waals surface area contributed by atoms with Crippen molar-refractivity contribution in [3.05, 3.63) is 77.6 Å². The number of rotatable bonds is 14.